The maximum atomic E-state index is 13.5. The average molecular weight is 337 g/mol. The summed E-state index contributed by atoms with van der Waals surface area (Å²) in [6, 6.07) is 4.62. The number of rotatable bonds is 2. The zero-order chi connectivity index (χ0) is 16.7. The van der Waals surface area contributed by atoms with E-state index in [9.17, 15) is 13.2 Å². The Morgan fingerprint density at radius 1 is 1.22 bits per heavy atom. The van der Waals surface area contributed by atoms with Crippen LogP contribution in [0, 0.1) is 5.41 Å². The standard InChI is InChI=1S/C18H18F3NS/c1-17(2)7-5-12(6-8-17)13-3-4-14(16-22-9-10-23-16)15(11-13)18(19,20)21/h3-5,9-11H,6-8H2,1-2H3. The van der Waals surface area contributed by atoms with E-state index in [1.807, 2.05) is 0 Å². The van der Waals surface area contributed by atoms with Crippen molar-refractivity contribution in [2.24, 2.45) is 5.41 Å². The molecule has 2 aromatic rings. The van der Waals surface area contributed by atoms with Crippen molar-refractivity contribution >= 4 is 16.9 Å². The lowest BCUT2D eigenvalue weighted by Crippen LogP contribution is -2.14. The van der Waals surface area contributed by atoms with Crippen molar-refractivity contribution in [3.05, 3.63) is 47.0 Å². The number of benzene rings is 1. The summed E-state index contributed by atoms with van der Waals surface area (Å²) in [4.78, 5) is 4.03. The van der Waals surface area contributed by atoms with Crippen molar-refractivity contribution in [1.29, 1.82) is 0 Å². The molecule has 23 heavy (non-hydrogen) atoms. The number of nitrogens with zero attached hydrogens (tertiary/aromatic N) is 1. The van der Waals surface area contributed by atoms with Crippen molar-refractivity contribution in [3.63, 3.8) is 0 Å². The molecule has 0 atom stereocenters. The van der Waals surface area contributed by atoms with E-state index in [4.69, 9.17) is 0 Å². The number of hydrogen-bond acceptors (Lipinski definition) is 2. The lowest BCUT2D eigenvalue weighted by Gasteiger charge is -2.29. The summed E-state index contributed by atoms with van der Waals surface area (Å²) >= 11 is 1.22. The Bertz CT molecular complexity index is 727. The van der Waals surface area contributed by atoms with Gasteiger partial charge in [-0.25, -0.2) is 4.98 Å². The molecule has 122 valence electrons. The van der Waals surface area contributed by atoms with Crippen molar-refractivity contribution in [1.82, 2.24) is 4.98 Å². The Labute approximate surface area is 137 Å². The molecule has 1 heterocycles. The molecule has 0 saturated heterocycles. The first-order valence-electron chi connectivity index (χ1n) is 7.57. The molecule has 1 aromatic heterocycles. The van der Waals surface area contributed by atoms with Crippen LogP contribution in [0.2, 0.25) is 0 Å². The number of thiazole rings is 1. The molecule has 0 spiro atoms. The predicted octanol–water partition coefficient (Wildman–Crippen LogP) is 6.42. The van der Waals surface area contributed by atoms with Gasteiger partial charge in [0.15, 0.2) is 0 Å². The van der Waals surface area contributed by atoms with Gasteiger partial charge >= 0.3 is 6.18 Å². The minimum Gasteiger partial charge on any atom is -0.245 e. The number of alkyl halides is 3. The summed E-state index contributed by atoms with van der Waals surface area (Å²) in [5, 5.41) is 2.09. The van der Waals surface area contributed by atoms with Crippen LogP contribution in [-0.2, 0) is 6.18 Å². The normalized spacial score (nSPS) is 17.9. The second kappa shape index (κ2) is 5.78. The van der Waals surface area contributed by atoms with E-state index < -0.39 is 11.7 Å². The monoisotopic (exact) mass is 337 g/mol. The molecular weight excluding hydrogens is 319 g/mol. The van der Waals surface area contributed by atoms with Crippen molar-refractivity contribution < 1.29 is 13.2 Å². The second-order valence-corrected chi connectivity index (χ2v) is 7.59. The lowest BCUT2D eigenvalue weighted by atomic mass is 9.77. The molecule has 1 aliphatic rings. The Morgan fingerprint density at radius 2 is 2.00 bits per heavy atom. The number of halogens is 3. The molecule has 0 fully saturated rings. The summed E-state index contributed by atoms with van der Waals surface area (Å²) in [7, 11) is 0. The molecule has 0 amide bonds. The number of hydrogen-bond donors (Lipinski definition) is 0. The van der Waals surface area contributed by atoms with Gasteiger partial charge in [-0.05, 0) is 41.9 Å². The van der Waals surface area contributed by atoms with Gasteiger partial charge in [-0.15, -0.1) is 11.3 Å². The molecular formula is C18H18F3NS. The molecule has 1 aromatic carbocycles. The maximum Gasteiger partial charge on any atom is 0.417 e. The Kier molecular flexibility index (Phi) is 4.08. The van der Waals surface area contributed by atoms with Crippen LogP contribution in [0.5, 0.6) is 0 Å². The first-order chi connectivity index (χ1) is 10.8. The van der Waals surface area contributed by atoms with Crippen LogP contribution in [0.25, 0.3) is 16.1 Å². The van der Waals surface area contributed by atoms with Gasteiger partial charge in [-0.1, -0.05) is 32.1 Å². The Morgan fingerprint density at radius 3 is 2.57 bits per heavy atom. The highest BCUT2D eigenvalue weighted by Crippen LogP contribution is 2.42. The lowest BCUT2D eigenvalue weighted by molar-refractivity contribution is -0.137. The maximum absolute atomic E-state index is 13.5. The van der Waals surface area contributed by atoms with Crippen LogP contribution >= 0.6 is 11.3 Å². The molecule has 0 bridgehead atoms. The molecule has 0 unspecified atom stereocenters. The van der Waals surface area contributed by atoms with E-state index in [2.05, 4.69) is 24.9 Å². The van der Waals surface area contributed by atoms with E-state index >= 15 is 0 Å². The van der Waals surface area contributed by atoms with Gasteiger partial charge in [0.1, 0.15) is 5.01 Å². The van der Waals surface area contributed by atoms with E-state index in [1.165, 1.54) is 23.6 Å². The molecule has 0 radical (unpaired) electrons. The van der Waals surface area contributed by atoms with Gasteiger partial charge in [0.2, 0.25) is 0 Å². The van der Waals surface area contributed by atoms with Gasteiger partial charge in [-0.3, -0.25) is 0 Å². The number of allylic oxidation sites excluding steroid dienone is 2. The zero-order valence-corrected chi connectivity index (χ0v) is 13.9. The van der Waals surface area contributed by atoms with Crippen LogP contribution in [0.4, 0.5) is 13.2 Å². The summed E-state index contributed by atoms with van der Waals surface area (Å²) in [5.74, 6) is 0. The van der Waals surface area contributed by atoms with Crippen LogP contribution < -0.4 is 0 Å². The molecule has 0 aliphatic heterocycles. The second-order valence-electron chi connectivity index (χ2n) is 6.69. The number of aromatic nitrogens is 1. The molecule has 1 nitrogen and oxygen atoms in total. The summed E-state index contributed by atoms with van der Waals surface area (Å²) in [6.07, 6.45) is 1.95. The molecule has 0 saturated carbocycles. The quantitative estimate of drug-likeness (QED) is 0.616. The molecule has 0 N–H and O–H groups in total. The van der Waals surface area contributed by atoms with Gasteiger partial charge in [0.05, 0.1) is 5.56 Å². The fourth-order valence-electron chi connectivity index (χ4n) is 2.86. The fourth-order valence-corrected chi connectivity index (χ4v) is 3.54. The highest BCUT2D eigenvalue weighted by Gasteiger charge is 2.35. The summed E-state index contributed by atoms with van der Waals surface area (Å²) in [5.41, 5.74) is 1.48. The first-order valence-corrected chi connectivity index (χ1v) is 8.45. The smallest absolute Gasteiger partial charge is 0.245 e. The van der Waals surface area contributed by atoms with E-state index in [-0.39, 0.29) is 11.0 Å². The highest BCUT2D eigenvalue weighted by atomic mass is 32.1. The fraction of sp³-hybridized carbons (Fsp3) is 0.389. The van der Waals surface area contributed by atoms with Crippen molar-refractivity contribution in [2.75, 3.05) is 0 Å². The average Bonchev–Trinajstić information content (AvgIpc) is 3.00. The predicted molar refractivity (Wildman–Crippen MR) is 88.2 cm³/mol. The Hall–Kier alpha value is -1.62. The third kappa shape index (κ3) is 3.50. The highest BCUT2D eigenvalue weighted by molar-refractivity contribution is 7.13. The minimum atomic E-state index is -4.38. The SMILES string of the molecule is CC1(C)CC=C(c2ccc(-c3nccs3)c(C(F)(F)F)c2)CC1. The van der Waals surface area contributed by atoms with Crippen LogP contribution in [0.1, 0.15) is 44.2 Å². The third-order valence-corrected chi connectivity index (χ3v) is 5.14. The largest absolute Gasteiger partial charge is 0.417 e. The molecule has 1 aliphatic carbocycles. The van der Waals surface area contributed by atoms with Gasteiger partial charge in [0.25, 0.3) is 0 Å². The minimum absolute atomic E-state index is 0.160. The molecule has 3 rings (SSSR count). The van der Waals surface area contributed by atoms with Gasteiger partial charge in [-0.2, -0.15) is 13.2 Å². The van der Waals surface area contributed by atoms with Crippen LogP contribution in [0.3, 0.4) is 0 Å². The molecule has 5 heteroatoms. The summed E-state index contributed by atoms with van der Waals surface area (Å²) in [6.45, 7) is 4.37. The topological polar surface area (TPSA) is 12.9 Å². The first kappa shape index (κ1) is 16.2. The van der Waals surface area contributed by atoms with Crippen molar-refractivity contribution in [3.8, 4) is 10.6 Å². The van der Waals surface area contributed by atoms with E-state index in [0.29, 0.717) is 10.6 Å². The van der Waals surface area contributed by atoms with Crippen molar-refractivity contribution in [2.45, 2.75) is 39.3 Å². The van der Waals surface area contributed by atoms with E-state index in [1.54, 1.807) is 17.5 Å². The van der Waals surface area contributed by atoms with Crippen LogP contribution in [0.15, 0.2) is 35.9 Å². The van der Waals surface area contributed by atoms with E-state index in [0.717, 1.165) is 24.8 Å². The van der Waals surface area contributed by atoms with Gasteiger partial charge < -0.3 is 0 Å². The Balaban J connectivity index is 2.04. The zero-order valence-electron chi connectivity index (χ0n) is 13.1. The summed E-state index contributed by atoms with van der Waals surface area (Å²) < 4.78 is 40.4. The third-order valence-electron chi connectivity index (χ3n) is 4.33. The van der Waals surface area contributed by atoms with Gasteiger partial charge in [0, 0.05) is 17.1 Å². The van der Waals surface area contributed by atoms with Crippen LogP contribution in [-0.4, -0.2) is 4.98 Å².